The van der Waals surface area contributed by atoms with Crippen molar-refractivity contribution in [3.63, 3.8) is 0 Å². The molecule has 0 spiro atoms. The second-order valence-corrected chi connectivity index (χ2v) is 6.00. The van der Waals surface area contributed by atoms with E-state index in [1.807, 2.05) is 19.1 Å². The van der Waals surface area contributed by atoms with Gasteiger partial charge in [-0.1, -0.05) is 35.2 Å². The van der Waals surface area contributed by atoms with E-state index in [4.69, 9.17) is 5.73 Å². The normalized spacial score (nSPS) is 18.2. The van der Waals surface area contributed by atoms with Crippen LogP contribution in [0.25, 0.3) is 0 Å². The highest BCUT2D eigenvalue weighted by Gasteiger charge is 2.24. The average molecular weight is 335 g/mol. The van der Waals surface area contributed by atoms with Crippen molar-refractivity contribution in [2.75, 3.05) is 0 Å². The Bertz CT molecular complexity index is 405. The molecule has 0 radical (unpaired) electrons. The predicted octanol–water partition coefficient (Wildman–Crippen LogP) is 4.47. The Kier molecular flexibility index (Phi) is 5.96. The largest absolute Gasteiger partial charge is 0.507 e. The first-order valence-electron chi connectivity index (χ1n) is 6.34. The Morgan fingerprint density at radius 1 is 1.28 bits per heavy atom. The van der Waals surface area contributed by atoms with Gasteiger partial charge in [-0.2, -0.15) is 0 Å². The van der Waals surface area contributed by atoms with Crippen LogP contribution in [-0.2, 0) is 0 Å². The molecule has 1 aromatic carbocycles. The predicted molar refractivity (Wildman–Crippen MR) is 81.3 cm³/mol. The zero-order valence-corrected chi connectivity index (χ0v) is 13.1. The molecule has 0 heterocycles. The second-order valence-electron chi connectivity index (χ2n) is 5.08. The van der Waals surface area contributed by atoms with Crippen LogP contribution in [0.4, 0.5) is 0 Å². The molecule has 102 valence electrons. The van der Waals surface area contributed by atoms with Crippen LogP contribution in [0.5, 0.6) is 5.75 Å². The van der Waals surface area contributed by atoms with Crippen molar-refractivity contribution in [2.45, 2.75) is 45.1 Å². The van der Waals surface area contributed by atoms with Crippen LogP contribution in [0.1, 0.15) is 49.3 Å². The number of phenolic OH excluding ortho intramolecular Hbond substituents is 1. The Morgan fingerprint density at radius 2 is 1.89 bits per heavy atom. The lowest BCUT2D eigenvalue weighted by Crippen LogP contribution is -2.23. The maximum Gasteiger partial charge on any atom is 0.123 e. The summed E-state index contributed by atoms with van der Waals surface area (Å²) in [7, 11) is 0. The number of phenols is 1. The van der Waals surface area contributed by atoms with Gasteiger partial charge in [0.05, 0.1) is 0 Å². The van der Waals surface area contributed by atoms with Gasteiger partial charge in [-0.3, -0.25) is 0 Å². The van der Waals surface area contributed by atoms with E-state index < -0.39 is 0 Å². The fourth-order valence-electron chi connectivity index (χ4n) is 2.76. The van der Waals surface area contributed by atoms with Gasteiger partial charge in [0.25, 0.3) is 0 Å². The van der Waals surface area contributed by atoms with Crippen molar-refractivity contribution in [3.05, 3.63) is 27.7 Å². The summed E-state index contributed by atoms with van der Waals surface area (Å²) in [6, 6.07) is 3.85. The third kappa shape index (κ3) is 3.40. The fraction of sp³-hybridized carbons (Fsp3) is 0.571. The van der Waals surface area contributed by atoms with E-state index >= 15 is 0 Å². The van der Waals surface area contributed by atoms with Gasteiger partial charge in [-0.25, -0.2) is 0 Å². The first-order chi connectivity index (χ1) is 8.09. The molecule has 0 amide bonds. The average Bonchev–Trinajstić information content (AvgIpc) is 2.34. The summed E-state index contributed by atoms with van der Waals surface area (Å²) >= 11 is 3.47. The van der Waals surface area contributed by atoms with Crippen LogP contribution in [0.2, 0.25) is 0 Å². The lowest BCUT2D eigenvalue weighted by molar-refractivity contribution is 0.302. The zero-order chi connectivity index (χ0) is 12.4. The van der Waals surface area contributed by atoms with Crippen molar-refractivity contribution in [1.82, 2.24) is 0 Å². The van der Waals surface area contributed by atoms with Crippen molar-refractivity contribution in [1.29, 1.82) is 0 Å². The number of benzene rings is 1. The number of halogens is 2. The summed E-state index contributed by atoms with van der Waals surface area (Å²) in [6.07, 6.45) is 6.24. The Labute approximate surface area is 123 Å². The van der Waals surface area contributed by atoms with Crippen LogP contribution < -0.4 is 5.73 Å². The maximum absolute atomic E-state index is 10.1. The molecule has 3 N–H and O–H groups in total. The standard InChI is InChI=1S/C14H20BrNO.ClH/c1-9-7-11(15)8-12(14(9)17)13(16)10-5-3-2-4-6-10;/h7-8,10,13,17H,2-6,16H2,1H3;1H/t13-;/m0./s1. The third-order valence-corrected chi connectivity index (χ3v) is 4.27. The molecule has 4 heteroatoms. The highest BCUT2D eigenvalue weighted by molar-refractivity contribution is 9.10. The van der Waals surface area contributed by atoms with Crippen molar-refractivity contribution >= 4 is 28.3 Å². The summed E-state index contributed by atoms with van der Waals surface area (Å²) in [6.45, 7) is 1.91. The molecule has 0 aromatic heterocycles. The Hall–Kier alpha value is -0.250. The van der Waals surface area contributed by atoms with Crippen LogP contribution >= 0.6 is 28.3 Å². The topological polar surface area (TPSA) is 46.2 Å². The lowest BCUT2D eigenvalue weighted by atomic mass is 9.81. The molecule has 1 aliphatic rings. The van der Waals surface area contributed by atoms with Gasteiger partial charge >= 0.3 is 0 Å². The number of hydrogen-bond acceptors (Lipinski definition) is 2. The van der Waals surface area contributed by atoms with Gasteiger partial charge in [0.2, 0.25) is 0 Å². The molecule has 1 atom stereocenters. The maximum atomic E-state index is 10.1. The second kappa shape index (κ2) is 6.78. The number of nitrogens with two attached hydrogens (primary N) is 1. The molecule has 1 fully saturated rings. The van der Waals surface area contributed by atoms with E-state index in [1.165, 1.54) is 32.1 Å². The summed E-state index contributed by atoms with van der Waals surface area (Å²) in [5, 5.41) is 10.1. The quantitative estimate of drug-likeness (QED) is 0.838. The first kappa shape index (κ1) is 15.8. The van der Waals surface area contributed by atoms with E-state index in [2.05, 4.69) is 15.9 Å². The van der Waals surface area contributed by atoms with E-state index in [9.17, 15) is 5.11 Å². The summed E-state index contributed by atoms with van der Waals surface area (Å²) < 4.78 is 0.994. The Morgan fingerprint density at radius 3 is 2.50 bits per heavy atom. The number of hydrogen-bond donors (Lipinski definition) is 2. The molecule has 1 aliphatic carbocycles. The molecule has 18 heavy (non-hydrogen) atoms. The molecule has 0 aliphatic heterocycles. The summed E-state index contributed by atoms with van der Waals surface area (Å²) in [5.41, 5.74) is 8.11. The molecular weight excluding hydrogens is 314 g/mol. The van der Waals surface area contributed by atoms with E-state index in [0.717, 1.165) is 15.6 Å². The van der Waals surface area contributed by atoms with Gasteiger partial charge in [0.1, 0.15) is 5.75 Å². The smallest absolute Gasteiger partial charge is 0.123 e. The van der Waals surface area contributed by atoms with Crippen LogP contribution in [0.15, 0.2) is 16.6 Å². The van der Waals surface area contributed by atoms with Crippen LogP contribution in [0.3, 0.4) is 0 Å². The minimum absolute atomic E-state index is 0. The van der Waals surface area contributed by atoms with Gasteiger partial charge < -0.3 is 10.8 Å². The molecule has 0 unspecified atom stereocenters. The lowest BCUT2D eigenvalue weighted by Gasteiger charge is -2.28. The van der Waals surface area contributed by atoms with E-state index in [0.29, 0.717) is 11.7 Å². The van der Waals surface area contributed by atoms with E-state index in [-0.39, 0.29) is 18.4 Å². The number of rotatable bonds is 2. The summed E-state index contributed by atoms with van der Waals surface area (Å²) in [4.78, 5) is 0. The molecule has 1 saturated carbocycles. The van der Waals surface area contributed by atoms with Gasteiger partial charge in [0, 0.05) is 16.1 Å². The van der Waals surface area contributed by atoms with Crippen LogP contribution in [-0.4, -0.2) is 5.11 Å². The SMILES string of the molecule is Cc1cc(Br)cc([C@@H](N)C2CCCCC2)c1O.Cl. The monoisotopic (exact) mass is 333 g/mol. The highest BCUT2D eigenvalue weighted by atomic mass is 79.9. The van der Waals surface area contributed by atoms with Gasteiger partial charge in [-0.15, -0.1) is 12.4 Å². The molecule has 2 rings (SSSR count). The van der Waals surface area contributed by atoms with Crippen LogP contribution in [0, 0.1) is 12.8 Å². The third-order valence-electron chi connectivity index (χ3n) is 3.81. The van der Waals surface area contributed by atoms with Crippen molar-refractivity contribution in [2.24, 2.45) is 11.7 Å². The summed E-state index contributed by atoms with van der Waals surface area (Å²) in [5.74, 6) is 0.884. The molecule has 2 nitrogen and oxygen atoms in total. The van der Waals surface area contributed by atoms with E-state index in [1.54, 1.807) is 0 Å². The zero-order valence-electron chi connectivity index (χ0n) is 10.7. The molecular formula is C14H21BrClNO. The molecule has 0 saturated heterocycles. The highest BCUT2D eigenvalue weighted by Crippen LogP contribution is 2.38. The first-order valence-corrected chi connectivity index (χ1v) is 7.13. The van der Waals surface area contributed by atoms with Crippen molar-refractivity contribution < 1.29 is 5.11 Å². The Balaban J connectivity index is 0.00000162. The number of aromatic hydroxyl groups is 1. The number of aryl methyl sites for hydroxylation is 1. The van der Waals surface area contributed by atoms with Gasteiger partial charge in [-0.05, 0) is 43.4 Å². The fourth-order valence-corrected chi connectivity index (χ4v) is 3.35. The molecule has 0 bridgehead atoms. The minimum atomic E-state index is -0.0356. The van der Waals surface area contributed by atoms with Gasteiger partial charge in [0.15, 0.2) is 0 Å². The molecule has 1 aromatic rings. The van der Waals surface area contributed by atoms with Crippen molar-refractivity contribution in [3.8, 4) is 5.75 Å². The minimum Gasteiger partial charge on any atom is -0.507 e.